The molecule has 0 aromatic heterocycles. The first-order valence-corrected chi connectivity index (χ1v) is 13.9. The summed E-state index contributed by atoms with van der Waals surface area (Å²) in [7, 11) is 4.62. The first-order chi connectivity index (χ1) is 21.7. The van der Waals surface area contributed by atoms with E-state index in [4.69, 9.17) is 24.7 Å². The van der Waals surface area contributed by atoms with Crippen LogP contribution in [0.15, 0.2) is 84.9 Å². The minimum absolute atomic E-state index is 0.0188. The fourth-order valence-electron chi connectivity index (χ4n) is 4.43. The predicted octanol–water partition coefficient (Wildman–Crippen LogP) is 5.46. The third-order valence-corrected chi connectivity index (χ3v) is 6.89. The second kappa shape index (κ2) is 15.2. The number of non-ortho nitro benzene ring substituents is 1. The molecule has 4 rings (SSSR count). The third-order valence-electron chi connectivity index (χ3n) is 6.89. The van der Waals surface area contributed by atoms with Gasteiger partial charge in [0.2, 0.25) is 0 Å². The van der Waals surface area contributed by atoms with E-state index in [0.29, 0.717) is 30.0 Å². The quantitative estimate of drug-likeness (QED) is 0.123. The lowest BCUT2D eigenvalue weighted by Gasteiger charge is -2.16. The monoisotopic (exact) mass is 614 g/mol. The first kappa shape index (κ1) is 32.3. The van der Waals surface area contributed by atoms with Crippen LogP contribution in [0.25, 0.3) is 0 Å². The number of carbonyl (C=O) groups excluding carboxylic acids is 2. The molecule has 0 saturated carbocycles. The van der Waals surface area contributed by atoms with Gasteiger partial charge in [-0.15, -0.1) is 0 Å². The molecule has 4 aromatic rings. The number of rotatable bonds is 14. The highest BCUT2D eigenvalue weighted by Gasteiger charge is 2.21. The molecule has 0 spiro atoms. The average molecular weight is 615 g/mol. The number of benzene rings is 4. The maximum absolute atomic E-state index is 13.5. The maximum Gasteiger partial charge on any atom is 0.271 e. The van der Waals surface area contributed by atoms with Crippen LogP contribution in [0.1, 0.15) is 32.7 Å². The van der Waals surface area contributed by atoms with E-state index in [2.05, 4.69) is 10.6 Å². The van der Waals surface area contributed by atoms with Gasteiger partial charge >= 0.3 is 0 Å². The van der Waals surface area contributed by atoms with Crippen LogP contribution < -0.4 is 35.3 Å². The summed E-state index contributed by atoms with van der Waals surface area (Å²) >= 11 is 0. The van der Waals surface area contributed by atoms with Crippen molar-refractivity contribution in [3.8, 4) is 23.0 Å². The lowest BCUT2D eigenvalue weighted by atomic mass is 10.0. The van der Waals surface area contributed by atoms with Crippen molar-refractivity contribution in [2.24, 2.45) is 5.73 Å². The molecule has 0 heterocycles. The van der Waals surface area contributed by atoms with Crippen molar-refractivity contribution in [1.82, 2.24) is 0 Å². The van der Waals surface area contributed by atoms with Gasteiger partial charge in [0.1, 0.15) is 23.0 Å². The van der Waals surface area contributed by atoms with E-state index in [0.717, 1.165) is 17.4 Å². The van der Waals surface area contributed by atoms with Gasteiger partial charge in [-0.05, 0) is 73.0 Å². The fourth-order valence-corrected chi connectivity index (χ4v) is 4.43. The Hall–Kier alpha value is -5.62. The van der Waals surface area contributed by atoms with Gasteiger partial charge < -0.3 is 35.3 Å². The normalized spacial score (nSPS) is 11.2. The number of nitro benzene ring substituents is 1. The van der Waals surface area contributed by atoms with Crippen LogP contribution in [0, 0.1) is 10.1 Å². The number of hydrogen-bond acceptors (Lipinski definition) is 9. The Morgan fingerprint density at radius 2 is 1.36 bits per heavy atom. The SMILES string of the molecule is COc1ccc(CC(N)CCOc2cc(OC)ccc2C(=O)Nc2cc([N+](=O)[O-])ccc2C(=O)Nc2ccc(OC)cc2)cc1. The highest BCUT2D eigenvalue weighted by atomic mass is 16.6. The van der Waals surface area contributed by atoms with E-state index in [9.17, 15) is 19.7 Å². The van der Waals surface area contributed by atoms with Gasteiger partial charge in [0.15, 0.2) is 0 Å². The van der Waals surface area contributed by atoms with Crippen molar-refractivity contribution in [3.63, 3.8) is 0 Å². The number of amides is 2. The maximum atomic E-state index is 13.5. The largest absolute Gasteiger partial charge is 0.497 e. The molecule has 0 saturated heterocycles. The number of nitrogens with one attached hydrogen (secondary N) is 2. The van der Waals surface area contributed by atoms with Crippen molar-refractivity contribution in [1.29, 1.82) is 0 Å². The van der Waals surface area contributed by atoms with E-state index in [-0.39, 0.29) is 40.9 Å². The number of anilines is 2. The lowest BCUT2D eigenvalue weighted by Crippen LogP contribution is -2.25. The predicted molar refractivity (Wildman–Crippen MR) is 170 cm³/mol. The second-order valence-corrected chi connectivity index (χ2v) is 9.94. The molecule has 1 unspecified atom stereocenters. The van der Waals surface area contributed by atoms with Crippen LogP contribution in [-0.4, -0.2) is 50.7 Å². The molecule has 234 valence electrons. The van der Waals surface area contributed by atoms with Gasteiger partial charge in [0.25, 0.3) is 17.5 Å². The summed E-state index contributed by atoms with van der Waals surface area (Å²) in [6, 6.07) is 22.3. The summed E-state index contributed by atoms with van der Waals surface area (Å²) in [5, 5.41) is 16.9. The Labute approximate surface area is 260 Å². The van der Waals surface area contributed by atoms with E-state index in [1.807, 2.05) is 24.3 Å². The third kappa shape index (κ3) is 8.71. The number of hydrogen-bond donors (Lipinski definition) is 3. The Morgan fingerprint density at radius 1 is 0.778 bits per heavy atom. The van der Waals surface area contributed by atoms with Crippen LogP contribution >= 0.6 is 0 Å². The van der Waals surface area contributed by atoms with Gasteiger partial charge in [-0.3, -0.25) is 19.7 Å². The molecular formula is C33H34N4O8. The number of carbonyl (C=O) groups is 2. The summed E-state index contributed by atoms with van der Waals surface area (Å²) < 4.78 is 21.6. The summed E-state index contributed by atoms with van der Waals surface area (Å²) in [6.07, 6.45) is 1.11. The molecule has 45 heavy (non-hydrogen) atoms. The van der Waals surface area contributed by atoms with Crippen LogP contribution in [-0.2, 0) is 6.42 Å². The topological polar surface area (TPSA) is 164 Å². The van der Waals surface area contributed by atoms with E-state index >= 15 is 0 Å². The Balaban J connectivity index is 1.50. The first-order valence-electron chi connectivity index (χ1n) is 13.9. The summed E-state index contributed by atoms with van der Waals surface area (Å²) in [5.41, 5.74) is 7.65. The van der Waals surface area contributed by atoms with Crippen LogP contribution in [0.4, 0.5) is 17.1 Å². The van der Waals surface area contributed by atoms with Gasteiger partial charge in [-0.1, -0.05) is 12.1 Å². The standard InChI is InChI=1S/C33H34N4O8/c1-42-25-9-4-21(5-10-25)18-22(34)16-17-45-31-20-27(44-3)13-15-29(31)33(39)36-30-19-24(37(40)41)8-14-28(30)32(38)35-23-6-11-26(43-2)12-7-23/h4-15,19-20,22H,16-18,34H2,1-3H3,(H,35,38)(H,36,39). The lowest BCUT2D eigenvalue weighted by molar-refractivity contribution is -0.384. The molecule has 0 bridgehead atoms. The minimum Gasteiger partial charge on any atom is -0.497 e. The molecule has 4 N–H and O–H groups in total. The van der Waals surface area contributed by atoms with E-state index in [1.165, 1.54) is 32.4 Å². The van der Waals surface area contributed by atoms with Crippen molar-refractivity contribution in [2.75, 3.05) is 38.6 Å². The molecular weight excluding hydrogens is 580 g/mol. The highest BCUT2D eigenvalue weighted by Crippen LogP contribution is 2.29. The van der Waals surface area contributed by atoms with Crippen molar-refractivity contribution < 1.29 is 33.5 Å². The molecule has 0 fully saturated rings. The molecule has 4 aromatic carbocycles. The van der Waals surface area contributed by atoms with Crippen LogP contribution in [0.3, 0.4) is 0 Å². The highest BCUT2D eigenvalue weighted by molar-refractivity contribution is 6.13. The molecule has 12 nitrogen and oxygen atoms in total. The molecule has 1 atom stereocenters. The molecule has 0 aliphatic heterocycles. The number of methoxy groups -OCH3 is 3. The van der Waals surface area contributed by atoms with E-state index < -0.39 is 16.7 Å². The average Bonchev–Trinajstić information content (AvgIpc) is 3.05. The molecule has 0 aliphatic carbocycles. The molecule has 12 heteroatoms. The van der Waals surface area contributed by atoms with E-state index in [1.54, 1.807) is 43.5 Å². The van der Waals surface area contributed by atoms with Crippen LogP contribution in [0.2, 0.25) is 0 Å². The van der Waals surface area contributed by atoms with Crippen molar-refractivity contribution in [3.05, 3.63) is 112 Å². The zero-order chi connectivity index (χ0) is 32.3. The summed E-state index contributed by atoms with van der Waals surface area (Å²) in [6.45, 7) is 0.205. The van der Waals surface area contributed by atoms with Gasteiger partial charge in [-0.2, -0.15) is 0 Å². The van der Waals surface area contributed by atoms with Gasteiger partial charge in [-0.25, -0.2) is 0 Å². The summed E-state index contributed by atoms with van der Waals surface area (Å²) in [4.78, 5) is 37.6. The zero-order valence-electron chi connectivity index (χ0n) is 25.1. The summed E-state index contributed by atoms with van der Waals surface area (Å²) in [5.74, 6) is 0.816. The smallest absolute Gasteiger partial charge is 0.271 e. The van der Waals surface area contributed by atoms with Gasteiger partial charge in [0, 0.05) is 29.9 Å². The number of nitrogens with two attached hydrogens (primary N) is 1. The Morgan fingerprint density at radius 3 is 1.98 bits per heavy atom. The van der Waals surface area contributed by atoms with Crippen LogP contribution in [0.5, 0.6) is 23.0 Å². The fraction of sp³-hybridized carbons (Fsp3) is 0.212. The zero-order valence-corrected chi connectivity index (χ0v) is 25.1. The second-order valence-electron chi connectivity index (χ2n) is 9.94. The number of nitrogens with zero attached hydrogens (tertiary/aromatic N) is 1. The Kier molecular flexibility index (Phi) is 10.9. The van der Waals surface area contributed by atoms with Gasteiger partial charge in [0.05, 0.1) is 49.7 Å². The number of ether oxygens (including phenoxy) is 4. The Bertz CT molecular complexity index is 1640. The number of nitro groups is 1. The van der Waals surface area contributed by atoms with Crippen molar-refractivity contribution in [2.45, 2.75) is 18.9 Å². The van der Waals surface area contributed by atoms with Crippen molar-refractivity contribution >= 4 is 28.9 Å². The molecule has 2 amide bonds. The molecule has 0 aliphatic rings. The molecule has 0 radical (unpaired) electrons. The minimum atomic E-state index is -0.644.